The molecule has 1 aliphatic heterocycles. The van der Waals surface area contributed by atoms with E-state index in [-0.39, 0.29) is 24.1 Å². The van der Waals surface area contributed by atoms with Gasteiger partial charge in [-0.2, -0.15) is 0 Å². The number of morpholine rings is 1. The number of ether oxygens (including phenoxy) is 1. The first-order valence-corrected chi connectivity index (χ1v) is 14.4. The predicted molar refractivity (Wildman–Crippen MR) is 160 cm³/mol. The van der Waals surface area contributed by atoms with E-state index in [0.717, 1.165) is 46.6 Å². The van der Waals surface area contributed by atoms with Crippen LogP contribution >= 0.6 is 0 Å². The number of aliphatic hydroxyl groups is 1. The average Bonchev–Trinajstić information content (AvgIpc) is 3.49. The van der Waals surface area contributed by atoms with E-state index in [1.807, 2.05) is 48.0 Å². The average molecular weight is 570 g/mol. The van der Waals surface area contributed by atoms with Gasteiger partial charge in [0.2, 0.25) is 0 Å². The summed E-state index contributed by atoms with van der Waals surface area (Å²) < 4.78 is 7.29. The van der Waals surface area contributed by atoms with Crippen LogP contribution in [0.4, 0.5) is 22.0 Å². The molecule has 2 fully saturated rings. The van der Waals surface area contributed by atoms with E-state index in [2.05, 4.69) is 25.9 Å². The number of pyridine rings is 2. The van der Waals surface area contributed by atoms with Crippen molar-refractivity contribution < 1.29 is 19.4 Å². The fourth-order valence-corrected chi connectivity index (χ4v) is 5.60. The highest BCUT2D eigenvalue weighted by Crippen LogP contribution is 2.32. The van der Waals surface area contributed by atoms with Crippen molar-refractivity contribution >= 4 is 34.8 Å². The number of carbonyl (C=O) groups is 2. The molecule has 1 aromatic carbocycles. The SMILES string of the molecule is Cc1c(NC(=O)N[C@H]2CC[C@H](O)CC2)cccc1-c1cc(Nc2ccc(C(=O)N3CCOCC3)cn2)c2nccn2c1. The predicted octanol–water partition coefficient (Wildman–Crippen LogP) is 4.35. The van der Waals surface area contributed by atoms with Crippen molar-refractivity contribution in [3.05, 3.63) is 72.3 Å². The quantitative estimate of drug-likeness (QED) is 0.271. The van der Waals surface area contributed by atoms with Crippen LogP contribution in [0.5, 0.6) is 0 Å². The third kappa shape index (κ3) is 6.07. The molecule has 0 radical (unpaired) electrons. The summed E-state index contributed by atoms with van der Waals surface area (Å²) in [6.07, 6.45) is 9.91. The van der Waals surface area contributed by atoms with Crippen molar-refractivity contribution in [3.63, 3.8) is 0 Å². The molecule has 4 N–H and O–H groups in total. The van der Waals surface area contributed by atoms with Crippen LogP contribution in [0.3, 0.4) is 0 Å². The Morgan fingerprint density at radius 1 is 1.02 bits per heavy atom. The number of nitrogens with zero attached hydrogens (tertiary/aromatic N) is 4. The van der Waals surface area contributed by atoms with Crippen LogP contribution in [0.15, 0.2) is 61.2 Å². The van der Waals surface area contributed by atoms with Gasteiger partial charge in [0.25, 0.3) is 5.91 Å². The van der Waals surface area contributed by atoms with E-state index in [1.165, 1.54) is 0 Å². The summed E-state index contributed by atoms with van der Waals surface area (Å²) in [5, 5.41) is 19.2. The van der Waals surface area contributed by atoms with Gasteiger partial charge in [-0.25, -0.2) is 14.8 Å². The van der Waals surface area contributed by atoms with Gasteiger partial charge < -0.3 is 35.1 Å². The molecule has 0 unspecified atom stereocenters. The Morgan fingerprint density at radius 3 is 2.60 bits per heavy atom. The number of urea groups is 1. The molecule has 1 saturated heterocycles. The van der Waals surface area contributed by atoms with E-state index in [1.54, 1.807) is 29.4 Å². The Hall–Kier alpha value is -4.48. The maximum Gasteiger partial charge on any atom is 0.319 e. The lowest BCUT2D eigenvalue weighted by Crippen LogP contribution is -2.41. The second-order valence-electron chi connectivity index (χ2n) is 10.8. The molecular weight excluding hydrogens is 534 g/mol. The zero-order chi connectivity index (χ0) is 29.1. The molecular formula is C31H35N7O4. The van der Waals surface area contributed by atoms with Crippen LogP contribution in [0.2, 0.25) is 0 Å². The molecule has 3 aromatic heterocycles. The summed E-state index contributed by atoms with van der Waals surface area (Å²) >= 11 is 0. The van der Waals surface area contributed by atoms with Crippen LogP contribution in [0.25, 0.3) is 16.8 Å². The standard InChI is InChI=1S/C31H35N7O4/c1-20-25(3-2-4-26(20)36-31(41)34-23-6-8-24(39)9-7-23)22-17-27(29-32-11-12-38(29)19-22)35-28-10-5-21(18-33-28)30(40)37-13-15-42-16-14-37/h2-5,10-12,17-19,23-24,39H,6-9,13-16H2,1H3,(H,33,35)(H2,34,36,41)/t23-,24-. The summed E-state index contributed by atoms with van der Waals surface area (Å²) in [5.74, 6) is 0.541. The number of nitrogens with one attached hydrogen (secondary N) is 3. The fraction of sp³-hybridized carbons (Fsp3) is 0.355. The summed E-state index contributed by atoms with van der Waals surface area (Å²) in [7, 11) is 0. The molecule has 42 heavy (non-hydrogen) atoms. The number of hydrogen-bond acceptors (Lipinski definition) is 7. The highest BCUT2D eigenvalue weighted by atomic mass is 16.5. The van der Waals surface area contributed by atoms with Crippen molar-refractivity contribution in [1.29, 1.82) is 0 Å². The van der Waals surface area contributed by atoms with Crippen LogP contribution < -0.4 is 16.0 Å². The van der Waals surface area contributed by atoms with Gasteiger partial charge >= 0.3 is 6.03 Å². The second kappa shape index (κ2) is 12.2. The van der Waals surface area contributed by atoms with Crippen molar-refractivity contribution in [2.75, 3.05) is 36.9 Å². The fourth-order valence-electron chi connectivity index (χ4n) is 5.60. The van der Waals surface area contributed by atoms with Gasteiger partial charge in [-0.15, -0.1) is 0 Å². The van der Waals surface area contributed by atoms with Crippen molar-refractivity contribution in [3.8, 4) is 11.1 Å². The van der Waals surface area contributed by atoms with Gasteiger partial charge in [0, 0.05) is 55.2 Å². The zero-order valence-corrected chi connectivity index (χ0v) is 23.5. The molecule has 2 aliphatic rings. The number of aromatic nitrogens is 3. The number of imidazole rings is 1. The lowest BCUT2D eigenvalue weighted by molar-refractivity contribution is 0.0302. The van der Waals surface area contributed by atoms with Crippen LogP contribution in [-0.4, -0.2) is 74.8 Å². The van der Waals surface area contributed by atoms with Gasteiger partial charge in [0.1, 0.15) is 5.82 Å². The third-order valence-electron chi connectivity index (χ3n) is 7.98. The smallest absolute Gasteiger partial charge is 0.319 e. The second-order valence-corrected chi connectivity index (χ2v) is 10.8. The maximum absolute atomic E-state index is 12.8. The Bertz CT molecular complexity index is 1570. The Kier molecular flexibility index (Phi) is 8.02. The molecule has 0 bridgehead atoms. The van der Waals surface area contributed by atoms with E-state index in [0.29, 0.717) is 50.5 Å². The topological polar surface area (TPSA) is 133 Å². The molecule has 1 aliphatic carbocycles. The van der Waals surface area contributed by atoms with E-state index < -0.39 is 0 Å². The number of anilines is 3. The molecule has 6 rings (SSSR count). The van der Waals surface area contributed by atoms with Gasteiger partial charge in [0.15, 0.2) is 5.65 Å². The normalized spacial score (nSPS) is 19.0. The number of carbonyl (C=O) groups excluding carboxylic acids is 2. The third-order valence-corrected chi connectivity index (χ3v) is 7.98. The molecule has 11 heteroatoms. The highest BCUT2D eigenvalue weighted by Gasteiger charge is 2.22. The van der Waals surface area contributed by atoms with Crippen molar-refractivity contribution in [2.24, 2.45) is 0 Å². The number of hydrogen-bond donors (Lipinski definition) is 4. The number of rotatable bonds is 6. The van der Waals surface area contributed by atoms with E-state index in [4.69, 9.17) is 4.74 Å². The lowest BCUT2D eigenvalue weighted by atomic mass is 9.93. The zero-order valence-electron chi connectivity index (χ0n) is 23.5. The summed E-state index contributed by atoms with van der Waals surface area (Å²) in [6, 6.07) is 11.2. The molecule has 218 valence electrons. The Morgan fingerprint density at radius 2 is 1.83 bits per heavy atom. The largest absolute Gasteiger partial charge is 0.393 e. The summed E-state index contributed by atoms with van der Waals surface area (Å²) in [5.41, 5.74) is 5.58. The highest BCUT2D eigenvalue weighted by molar-refractivity contribution is 5.94. The molecule has 4 heterocycles. The van der Waals surface area contributed by atoms with Gasteiger partial charge in [0.05, 0.1) is 30.6 Å². The van der Waals surface area contributed by atoms with Crippen molar-refractivity contribution in [1.82, 2.24) is 24.6 Å². The molecule has 0 atom stereocenters. The van der Waals surface area contributed by atoms with E-state index in [9.17, 15) is 14.7 Å². The van der Waals surface area contributed by atoms with E-state index >= 15 is 0 Å². The van der Waals surface area contributed by atoms with Gasteiger partial charge in [-0.05, 0) is 68.0 Å². The Balaban J connectivity index is 1.20. The summed E-state index contributed by atoms with van der Waals surface area (Å²) in [4.78, 5) is 36.4. The lowest BCUT2D eigenvalue weighted by Gasteiger charge is -2.26. The minimum absolute atomic E-state index is 0.0508. The first-order chi connectivity index (χ1) is 20.4. The maximum atomic E-state index is 12.8. The first-order valence-electron chi connectivity index (χ1n) is 14.4. The summed E-state index contributed by atoms with van der Waals surface area (Å²) in [6.45, 7) is 4.24. The Labute approximate surface area is 243 Å². The minimum atomic E-state index is -0.267. The first kappa shape index (κ1) is 27.7. The van der Waals surface area contributed by atoms with Gasteiger partial charge in [-0.3, -0.25) is 4.79 Å². The molecule has 11 nitrogen and oxygen atoms in total. The number of benzene rings is 1. The van der Waals surface area contributed by atoms with Crippen LogP contribution in [0.1, 0.15) is 41.6 Å². The number of fused-ring (bicyclic) bond motifs is 1. The number of aliphatic hydroxyl groups excluding tert-OH is 1. The molecule has 3 amide bonds. The molecule has 0 spiro atoms. The van der Waals surface area contributed by atoms with Crippen molar-refractivity contribution in [2.45, 2.75) is 44.8 Å². The monoisotopic (exact) mass is 569 g/mol. The van der Waals surface area contributed by atoms with Crippen LogP contribution in [-0.2, 0) is 4.74 Å². The number of amides is 3. The van der Waals surface area contributed by atoms with Crippen LogP contribution in [0, 0.1) is 6.92 Å². The van der Waals surface area contributed by atoms with Gasteiger partial charge in [-0.1, -0.05) is 12.1 Å². The molecule has 1 saturated carbocycles. The molecule has 4 aromatic rings. The minimum Gasteiger partial charge on any atom is -0.393 e.